The van der Waals surface area contributed by atoms with Crippen molar-refractivity contribution in [2.24, 2.45) is 0 Å². The molecule has 2 N–H and O–H groups in total. The molecule has 0 radical (unpaired) electrons. The molecular formula is C24H26N4O2. The van der Waals surface area contributed by atoms with Gasteiger partial charge >= 0.3 is 0 Å². The van der Waals surface area contributed by atoms with Crippen LogP contribution >= 0.6 is 0 Å². The number of benzene rings is 2. The first kappa shape index (κ1) is 19.9. The average molecular weight is 402 g/mol. The van der Waals surface area contributed by atoms with Gasteiger partial charge in [0.05, 0.1) is 17.1 Å². The van der Waals surface area contributed by atoms with Gasteiger partial charge in [-0.25, -0.2) is 4.68 Å². The molecule has 1 aromatic heterocycles. The molecule has 30 heavy (non-hydrogen) atoms. The van der Waals surface area contributed by atoms with Crippen LogP contribution in [-0.2, 0) is 17.6 Å². The van der Waals surface area contributed by atoms with Gasteiger partial charge in [0.1, 0.15) is 0 Å². The van der Waals surface area contributed by atoms with Gasteiger partial charge in [0.2, 0.25) is 5.91 Å². The summed E-state index contributed by atoms with van der Waals surface area (Å²) in [5.41, 5.74) is 5.72. The maximum absolute atomic E-state index is 13.3. The second kappa shape index (κ2) is 8.53. The van der Waals surface area contributed by atoms with Gasteiger partial charge in [-0.3, -0.25) is 9.59 Å². The van der Waals surface area contributed by atoms with Crippen molar-refractivity contribution in [2.45, 2.75) is 46.0 Å². The molecule has 0 unspecified atom stereocenters. The standard InChI is InChI=1S/C24H26N4O2/c1-16-13-14-20(25-17(2)29)21(15-16)26-24(30)23-19-11-7-4-8-12-22(19)28(27-23)18-9-5-3-6-10-18/h3,5-6,9-10,13-15H,4,7-8,11-12H2,1-2H3,(H,25,29)(H,26,30). The van der Waals surface area contributed by atoms with Crippen LogP contribution in [-0.4, -0.2) is 21.6 Å². The molecule has 0 atom stereocenters. The lowest BCUT2D eigenvalue weighted by atomic mass is 10.1. The third-order valence-electron chi connectivity index (χ3n) is 5.38. The lowest BCUT2D eigenvalue weighted by molar-refractivity contribution is -0.114. The predicted octanol–water partition coefficient (Wildman–Crippen LogP) is 4.66. The predicted molar refractivity (Wildman–Crippen MR) is 118 cm³/mol. The van der Waals surface area contributed by atoms with E-state index in [9.17, 15) is 9.59 Å². The lowest BCUT2D eigenvalue weighted by Gasteiger charge is -2.12. The lowest BCUT2D eigenvalue weighted by Crippen LogP contribution is -2.17. The number of hydrogen-bond donors (Lipinski definition) is 2. The number of para-hydroxylation sites is 1. The Hall–Kier alpha value is -3.41. The summed E-state index contributed by atoms with van der Waals surface area (Å²) in [6.07, 6.45) is 5.05. The molecule has 0 saturated heterocycles. The number of aromatic nitrogens is 2. The number of rotatable bonds is 4. The highest BCUT2D eigenvalue weighted by molar-refractivity contribution is 6.07. The van der Waals surface area contributed by atoms with Crippen molar-refractivity contribution in [2.75, 3.05) is 10.6 Å². The SMILES string of the molecule is CC(=O)Nc1ccc(C)cc1NC(=O)c1nn(-c2ccccc2)c2c1CCCCC2. The van der Waals surface area contributed by atoms with E-state index in [0.717, 1.165) is 54.6 Å². The highest BCUT2D eigenvalue weighted by Crippen LogP contribution is 2.28. The van der Waals surface area contributed by atoms with E-state index in [2.05, 4.69) is 10.6 Å². The summed E-state index contributed by atoms with van der Waals surface area (Å²) >= 11 is 0. The summed E-state index contributed by atoms with van der Waals surface area (Å²) in [6, 6.07) is 15.5. The molecule has 6 nitrogen and oxygen atoms in total. The zero-order valence-corrected chi connectivity index (χ0v) is 17.4. The van der Waals surface area contributed by atoms with Crippen LogP contribution in [0.25, 0.3) is 5.69 Å². The van der Waals surface area contributed by atoms with Gasteiger partial charge in [0.25, 0.3) is 5.91 Å². The van der Waals surface area contributed by atoms with Crippen molar-refractivity contribution < 1.29 is 9.59 Å². The summed E-state index contributed by atoms with van der Waals surface area (Å²) in [4.78, 5) is 24.8. The molecule has 1 aliphatic carbocycles. The second-order valence-electron chi connectivity index (χ2n) is 7.77. The maximum atomic E-state index is 13.3. The van der Waals surface area contributed by atoms with Crippen LogP contribution in [0.15, 0.2) is 48.5 Å². The number of fused-ring (bicyclic) bond motifs is 1. The fraction of sp³-hybridized carbons (Fsp3) is 0.292. The first-order valence-electron chi connectivity index (χ1n) is 10.4. The minimum atomic E-state index is -0.250. The quantitative estimate of drug-likeness (QED) is 0.623. The molecule has 0 saturated carbocycles. The molecule has 3 aromatic rings. The smallest absolute Gasteiger partial charge is 0.276 e. The van der Waals surface area contributed by atoms with Crippen molar-refractivity contribution >= 4 is 23.2 Å². The third kappa shape index (κ3) is 4.13. The molecule has 0 aliphatic heterocycles. The largest absolute Gasteiger partial charge is 0.325 e. The van der Waals surface area contributed by atoms with E-state index < -0.39 is 0 Å². The molecule has 1 aliphatic rings. The summed E-state index contributed by atoms with van der Waals surface area (Å²) in [7, 11) is 0. The van der Waals surface area contributed by atoms with Crippen molar-refractivity contribution in [1.82, 2.24) is 9.78 Å². The van der Waals surface area contributed by atoms with Crippen LogP contribution in [0, 0.1) is 6.92 Å². The first-order valence-corrected chi connectivity index (χ1v) is 10.4. The van der Waals surface area contributed by atoms with Gasteiger partial charge in [-0.05, 0) is 62.4 Å². The third-order valence-corrected chi connectivity index (χ3v) is 5.38. The summed E-state index contributed by atoms with van der Waals surface area (Å²) < 4.78 is 1.92. The number of hydrogen-bond acceptors (Lipinski definition) is 3. The van der Waals surface area contributed by atoms with Crippen LogP contribution < -0.4 is 10.6 Å². The first-order chi connectivity index (χ1) is 14.5. The highest BCUT2D eigenvalue weighted by Gasteiger charge is 2.25. The van der Waals surface area contributed by atoms with E-state index in [1.807, 2.05) is 54.1 Å². The van der Waals surface area contributed by atoms with Gasteiger partial charge in [-0.2, -0.15) is 5.10 Å². The normalized spacial score (nSPS) is 13.3. The Morgan fingerprint density at radius 3 is 2.47 bits per heavy atom. The van der Waals surface area contributed by atoms with Crippen LogP contribution in [0.5, 0.6) is 0 Å². The fourth-order valence-electron chi connectivity index (χ4n) is 3.98. The molecule has 4 rings (SSSR count). The van der Waals surface area contributed by atoms with E-state index in [1.165, 1.54) is 6.92 Å². The van der Waals surface area contributed by atoms with E-state index in [0.29, 0.717) is 17.1 Å². The molecule has 154 valence electrons. The van der Waals surface area contributed by atoms with Crippen LogP contribution in [0.3, 0.4) is 0 Å². The molecule has 0 bridgehead atoms. The van der Waals surface area contributed by atoms with E-state index in [-0.39, 0.29) is 11.8 Å². The molecule has 1 heterocycles. The number of amides is 2. The second-order valence-corrected chi connectivity index (χ2v) is 7.77. The van der Waals surface area contributed by atoms with Crippen molar-refractivity contribution in [1.29, 1.82) is 0 Å². The Morgan fingerprint density at radius 2 is 1.70 bits per heavy atom. The van der Waals surface area contributed by atoms with Crippen LogP contribution in [0.2, 0.25) is 0 Å². The monoisotopic (exact) mass is 402 g/mol. The summed E-state index contributed by atoms with van der Waals surface area (Å²) in [6.45, 7) is 3.40. The summed E-state index contributed by atoms with van der Waals surface area (Å²) in [5, 5.41) is 10.5. The molecule has 0 fully saturated rings. The number of anilines is 2. The maximum Gasteiger partial charge on any atom is 0.276 e. The van der Waals surface area contributed by atoms with Gasteiger partial charge in [-0.1, -0.05) is 30.7 Å². The Kier molecular flexibility index (Phi) is 5.65. The Bertz CT molecular complexity index is 1090. The van der Waals surface area contributed by atoms with Gasteiger partial charge in [0.15, 0.2) is 5.69 Å². The topological polar surface area (TPSA) is 76.0 Å². The Labute approximate surface area is 176 Å². The molecule has 0 spiro atoms. The zero-order valence-electron chi connectivity index (χ0n) is 17.4. The van der Waals surface area contributed by atoms with E-state index >= 15 is 0 Å². The molecule has 2 aromatic carbocycles. The minimum Gasteiger partial charge on any atom is -0.325 e. The molecule has 6 heteroatoms. The van der Waals surface area contributed by atoms with Gasteiger partial charge < -0.3 is 10.6 Å². The Balaban J connectivity index is 1.73. The van der Waals surface area contributed by atoms with Crippen molar-refractivity contribution in [3.8, 4) is 5.69 Å². The molecular weight excluding hydrogens is 376 g/mol. The van der Waals surface area contributed by atoms with E-state index in [4.69, 9.17) is 5.10 Å². The minimum absolute atomic E-state index is 0.184. The molecule has 2 amide bonds. The van der Waals surface area contributed by atoms with Crippen molar-refractivity contribution in [3.63, 3.8) is 0 Å². The number of carbonyl (C=O) groups excluding carboxylic acids is 2. The van der Waals surface area contributed by atoms with Crippen LogP contribution in [0.1, 0.15) is 53.5 Å². The van der Waals surface area contributed by atoms with E-state index in [1.54, 1.807) is 6.07 Å². The number of carbonyl (C=O) groups is 2. The number of aryl methyl sites for hydroxylation is 1. The van der Waals surface area contributed by atoms with Crippen molar-refractivity contribution in [3.05, 3.63) is 71.0 Å². The van der Waals surface area contributed by atoms with Gasteiger partial charge in [0, 0.05) is 18.2 Å². The summed E-state index contributed by atoms with van der Waals surface area (Å²) in [5.74, 6) is -0.434. The number of nitrogens with one attached hydrogen (secondary N) is 2. The Morgan fingerprint density at radius 1 is 0.933 bits per heavy atom. The average Bonchev–Trinajstić information content (AvgIpc) is 2.91. The highest BCUT2D eigenvalue weighted by atomic mass is 16.2. The zero-order chi connectivity index (χ0) is 21.1. The van der Waals surface area contributed by atoms with Gasteiger partial charge in [-0.15, -0.1) is 0 Å². The number of nitrogens with zero attached hydrogens (tertiary/aromatic N) is 2. The van der Waals surface area contributed by atoms with Crippen LogP contribution in [0.4, 0.5) is 11.4 Å². The fourth-order valence-corrected chi connectivity index (χ4v) is 3.98.